The van der Waals surface area contributed by atoms with E-state index in [1.807, 2.05) is 63.2 Å². The highest BCUT2D eigenvalue weighted by Gasteiger charge is 2.20. The Hall–Kier alpha value is -3.17. The molecule has 0 aromatic heterocycles. The van der Waals surface area contributed by atoms with Crippen LogP contribution in [-0.2, 0) is 16.0 Å². The average Bonchev–Trinajstić information content (AvgIpc) is 2.75. The van der Waals surface area contributed by atoms with Gasteiger partial charge in [0.15, 0.2) is 17.6 Å². The van der Waals surface area contributed by atoms with Crippen molar-refractivity contribution < 1.29 is 23.7 Å². The lowest BCUT2D eigenvalue weighted by molar-refractivity contribution is -0.133. The summed E-state index contributed by atoms with van der Waals surface area (Å²) in [6.07, 6.45) is 5.17. The molecule has 2 rings (SSSR count). The second-order valence-corrected chi connectivity index (χ2v) is 7.32. The Labute approximate surface area is 184 Å². The molecule has 0 heterocycles. The largest absolute Gasteiger partial charge is 0.493 e. The third-order valence-corrected chi connectivity index (χ3v) is 4.39. The van der Waals surface area contributed by atoms with E-state index in [4.69, 9.17) is 25.4 Å². The predicted octanol–water partition coefficient (Wildman–Crippen LogP) is 3.55. The van der Waals surface area contributed by atoms with E-state index in [0.717, 1.165) is 11.1 Å². The molecule has 0 aliphatic heterocycles. The van der Waals surface area contributed by atoms with Gasteiger partial charge in [0.05, 0.1) is 13.2 Å². The van der Waals surface area contributed by atoms with E-state index in [0.29, 0.717) is 30.2 Å². The van der Waals surface area contributed by atoms with Crippen molar-refractivity contribution in [3.05, 3.63) is 53.6 Å². The first-order valence-corrected chi connectivity index (χ1v) is 10.3. The highest BCUT2D eigenvalue weighted by atomic mass is 16.5. The maximum absolute atomic E-state index is 12.6. The van der Waals surface area contributed by atoms with E-state index in [2.05, 4.69) is 11.2 Å². The summed E-state index contributed by atoms with van der Waals surface area (Å²) in [7, 11) is 1.61. The molecule has 0 bridgehead atoms. The van der Waals surface area contributed by atoms with Gasteiger partial charge in [-0.1, -0.05) is 29.7 Å². The number of ether oxygens (including phenoxy) is 4. The number of hydrogen-bond donors (Lipinski definition) is 1. The smallest absolute Gasteiger partial charge is 0.252 e. The molecule has 0 aliphatic rings. The van der Waals surface area contributed by atoms with Crippen LogP contribution in [-0.4, -0.2) is 45.0 Å². The first-order chi connectivity index (χ1) is 14.9. The van der Waals surface area contributed by atoms with Crippen LogP contribution in [0.1, 0.15) is 25.0 Å². The quantitative estimate of drug-likeness (QED) is 0.527. The van der Waals surface area contributed by atoms with Crippen molar-refractivity contribution in [1.29, 1.82) is 0 Å². The van der Waals surface area contributed by atoms with Gasteiger partial charge in [-0.3, -0.25) is 4.79 Å². The summed E-state index contributed by atoms with van der Waals surface area (Å²) in [4.78, 5) is 12.6. The molecule has 0 fully saturated rings. The van der Waals surface area contributed by atoms with Gasteiger partial charge in [-0.05, 0) is 57.0 Å². The zero-order chi connectivity index (χ0) is 22.6. The van der Waals surface area contributed by atoms with Crippen LogP contribution in [0.3, 0.4) is 0 Å². The van der Waals surface area contributed by atoms with Crippen LogP contribution >= 0.6 is 0 Å². The molecular formula is C25H31NO5. The fraction of sp³-hybridized carbons (Fsp3) is 0.400. The fourth-order valence-corrected chi connectivity index (χ4v) is 2.82. The number of benzene rings is 2. The second-order valence-electron chi connectivity index (χ2n) is 7.32. The van der Waals surface area contributed by atoms with Crippen molar-refractivity contribution in [2.45, 2.75) is 39.4 Å². The number of carbonyl (C=O) groups excluding carboxylic acids is 1. The molecule has 31 heavy (non-hydrogen) atoms. The molecule has 0 saturated heterocycles. The molecule has 2 aromatic rings. The number of methoxy groups -OCH3 is 1. The highest BCUT2D eigenvalue weighted by Crippen LogP contribution is 2.29. The SMILES string of the molecule is C#CCOC(COc1ccc(C)cc1)C(=O)NCCc1ccc(OC(C)C)c(OC)c1. The monoisotopic (exact) mass is 425 g/mol. The molecule has 1 atom stereocenters. The van der Waals surface area contributed by atoms with Gasteiger partial charge >= 0.3 is 0 Å². The lowest BCUT2D eigenvalue weighted by Gasteiger charge is -2.18. The minimum atomic E-state index is -0.797. The fourth-order valence-electron chi connectivity index (χ4n) is 2.82. The maximum atomic E-state index is 12.6. The van der Waals surface area contributed by atoms with Crippen LogP contribution in [0.15, 0.2) is 42.5 Å². The van der Waals surface area contributed by atoms with Gasteiger partial charge in [0.1, 0.15) is 19.0 Å². The minimum absolute atomic E-state index is 0.0316. The Morgan fingerprint density at radius 2 is 1.87 bits per heavy atom. The lowest BCUT2D eigenvalue weighted by atomic mass is 10.1. The predicted molar refractivity (Wildman–Crippen MR) is 121 cm³/mol. The van der Waals surface area contributed by atoms with Crippen molar-refractivity contribution >= 4 is 5.91 Å². The van der Waals surface area contributed by atoms with Gasteiger partial charge in [-0.15, -0.1) is 6.42 Å². The molecule has 1 unspecified atom stereocenters. The Balaban J connectivity index is 1.89. The summed E-state index contributed by atoms with van der Waals surface area (Å²) in [6, 6.07) is 13.3. The van der Waals surface area contributed by atoms with Crippen LogP contribution in [0, 0.1) is 19.3 Å². The minimum Gasteiger partial charge on any atom is -0.493 e. The Morgan fingerprint density at radius 1 is 1.13 bits per heavy atom. The molecule has 6 nitrogen and oxygen atoms in total. The van der Waals surface area contributed by atoms with E-state index in [-0.39, 0.29) is 25.2 Å². The molecule has 2 aromatic carbocycles. The number of carbonyl (C=O) groups is 1. The maximum Gasteiger partial charge on any atom is 0.252 e. The van der Waals surface area contributed by atoms with Crippen molar-refractivity contribution in [2.24, 2.45) is 0 Å². The zero-order valence-electron chi connectivity index (χ0n) is 18.6. The standard InChI is InChI=1S/C25H31NO5/c1-6-15-29-24(17-30-21-10-7-19(4)8-11-21)25(27)26-14-13-20-9-12-22(31-18(2)3)23(16-20)28-5/h1,7-12,16,18,24H,13-15,17H2,2-5H3,(H,26,27). The molecule has 0 saturated carbocycles. The van der Waals surface area contributed by atoms with Crippen LogP contribution in [0.2, 0.25) is 0 Å². The van der Waals surface area contributed by atoms with Crippen LogP contribution < -0.4 is 19.5 Å². The first kappa shape index (κ1) is 24.1. The van der Waals surface area contributed by atoms with Crippen LogP contribution in [0.5, 0.6) is 17.2 Å². The molecule has 6 heteroatoms. The normalized spacial score (nSPS) is 11.5. The zero-order valence-corrected chi connectivity index (χ0v) is 18.6. The number of aryl methyl sites for hydroxylation is 1. The number of hydrogen-bond acceptors (Lipinski definition) is 5. The van der Waals surface area contributed by atoms with Gasteiger partial charge < -0.3 is 24.3 Å². The molecule has 1 N–H and O–H groups in total. The molecule has 1 amide bonds. The number of nitrogens with one attached hydrogen (secondary N) is 1. The second kappa shape index (κ2) is 12.5. The number of terminal acetylenes is 1. The molecule has 166 valence electrons. The van der Waals surface area contributed by atoms with Crippen molar-refractivity contribution in [1.82, 2.24) is 5.32 Å². The Bertz CT molecular complexity index is 870. The van der Waals surface area contributed by atoms with E-state index in [1.165, 1.54) is 0 Å². The van der Waals surface area contributed by atoms with Gasteiger partial charge in [-0.25, -0.2) is 0 Å². The summed E-state index contributed by atoms with van der Waals surface area (Å²) in [6.45, 7) is 6.47. The van der Waals surface area contributed by atoms with Gasteiger partial charge in [0, 0.05) is 6.54 Å². The lowest BCUT2D eigenvalue weighted by Crippen LogP contribution is -2.41. The average molecular weight is 426 g/mol. The molecule has 0 aliphatic carbocycles. The Kier molecular flexibility index (Phi) is 9.73. The van der Waals surface area contributed by atoms with E-state index >= 15 is 0 Å². The Morgan fingerprint density at radius 3 is 2.52 bits per heavy atom. The third kappa shape index (κ3) is 8.23. The van der Waals surface area contributed by atoms with E-state index in [1.54, 1.807) is 7.11 Å². The van der Waals surface area contributed by atoms with E-state index in [9.17, 15) is 4.79 Å². The first-order valence-electron chi connectivity index (χ1n) is 10.3. The van der Waals surface area contributed by atoms with Crippen LogP contribution in [0.4, 0.5) is 0 Å². The van der Waals surface area contributed by atoms with E-state index < -0.39 is 6.10 Å². The number of rotatable bonds is 12. The summed E-state index contributed by atoms with van der Waals surface area (Å²) in [5, 5.41) is 2.89. The summed E-state index contributed by atoms with van der Waals surface area (Å²) < 4.78 is 22.3. The highest BCUT2D eigenvalue weighted by molar-refractivity contribution is 5.81. The van der Waals surface area contributed by atoms with Gasteiger partial charge in [0.2, 0.25) is 0 Å². The summed E-state index contributed by atoms with van der Waals surface area (Å²) >= 11 is 0. The summed E-state index contributed by atoms with van der Waals surface area (Å²) in [5.74, 6) is 4.15. The van der Waals surface area contributed by atoms with Crippen molar-refractivity contribution in [3.63, 3.8) is 0 Å². The molecular weight excluding hydrogens is 394 g/mol. The van der Waals surface area contributed by atoms with Gasteiger partial charge in [-0.2, -0.15) is 0 Å². The number of amides is 1. The van der Waals surface area contributed by atoms with Crippen molar-refractivity contribution in [2.75, 3.05) is 26.9 Å². The third-order valence-electron chi connectivity index (χ3n) is 4.39. The van der Waals surface area contributed by atoms with Crippen LogP contribution in [0.25, 0.3) is 0 Å². The van der Waals surface area contributed by atoms with Gasteiger partial charge in [0.25, 0.3) is 5.91 Å². The molecule has 0 spiro atoms. The van der Waals surface area contributed by atoms with Crippen molar-refractivity contribution in [3.8, 4) is 29.6 Å². The topological polar surface area (TPSA) is 66.0 Å². The molecule has 0 radical (unpaired) electrons. The summed E-state index contributed by atoms with van der Waals surface area (Å²) in [5.41, 5.74) is 2.15.